The molecule has 1 unspecified atom stereocenters. The van der Waals surface area contributed by atoms with Crippen LogP contribution in [0.15, 0.2) is 36.7 Å². The van der Waals surface area contributed by atoms with Gasteiger partial charge in [-0.3, -0.25) is 5.10 Å². The van der Waals surface area contributed by atoms with Gasteiger partial charge in [0.15, 0.2) is 0 Å². The number of hydrogen-bond donors (Lipinski definition) is 2. The minimum absolute atomic E-state index is 0.0754. The summed E-state index contributed by atoms with van der Waals surface area (Å²) in [6.07, 6.45) is 5.53. The van der Waals surface area contributed by atoms with Gasteiger partial charge in [-0.05, 0) is 30.7 Å². The van der Waals surface area contributed by atoms with Crippen LogP contribution >= 0.6 is 11.3 Å². The van der Waals surface area contributed by atoms with Gasteiger partial charge in [-0.2, -0.15) is 5.10 Å². The first-order chi connectivity index (χ1) is 16.0. The van der Waals surface area contributed by atoms with Gasteiger partial charge in [-0.25, -0.2) is 18.4 Å². The second-order valence-electron chi connectivity index (χ2n) is 8.28. The zero-order valence-corrected chi connectivity index (χ0v) is 20.0. The number of anilines is 1. The summed E-state index contributed by atoms with van der Waals surface area (Å²) < 4.78 is 29.6. The predicted molar refractivity (Wildman–Crippen MR) is 130 cm³/mol. The molecule has 0 spiro atoms. The number of aromatic nitrogens is 4. The third-order valence-corrected chi connectivity index (χ3v) is 7.78. The summed E-state index contributed by atoms with van der Waals surface area (Å²) >= 11 is 1.66. The molecule has 3 aromatic heterocycles. The largest absolute Gasteiger partial charge is 0.370 e. The van der Waals surface area contributed by atoms with Crippen molar-refractivity contribution in [2.24, 2.45) is 0 Å². The van der Waals surface area contributed by atoms with Crippen LogP contribution in [-0.2, 0) is 21.1 Å². The third kappa shape index (κ3) is 5.16. The number of hydrogen-bond acceptors (Lipinski definition) is 9. The molecule has 174 valence electrons. The van der Waals surface area contributed by atoms with E-state index in [1.54, 1.807) is 11.3 Å². The molecule has 0 bridgehead atoms. The second-order valence-corrected chi connectivity index (χ2v) is 11.7. The first-order valence-electron chi connectivity index (χ1n) is 10.9. The molecule has 11 heteroatoms. The molecule has 1 atom stereocenters. The van der Waals surface area contributed by atoms with Crippen LogP contribution in [0.5, 0.6) is 0 Å². The number of nitrogens with zero attached hydrogens (tertiary/aromatic N) is 4. The van der Waals surface area contributed by atoms with Gasteiger partial charge in [-0.15, -0.1) is 11.3 Å². The van der Waals surface area contributed by atoms with Gasteiger partial charge in [-0.1, -0.05) is 12.1 Å². The molecule has 1 aromatic carbocycles. The summed E-state index contributed by atoms with van der Waals surface area (Å²) in [5.41, 5.74) is 3.05. The van der Waals surface area contributed by atoms with E-state index in [1.807, 2.05) is 24.5 Å². The summed E-state index contributed by atoms with van der Waals surface area (Å²) in [7, 11) is -2.91. The van der Waals surface area contributed by atoms with Crippen LogP contribution in [0.4, 0.5) is 5.95 Å². The quantitative estimate of drug-likeness (QED) is 0.366. The molecule has 5 rings (SSSR count). The van der Waals surface area contributed by atoms with E-state index in [2.05, 4.69) is 37.5 Å². The lowest BCUT2D eigenvalue weighted by Crippen LogP contribution is -2.39. The van der Waals surface area contributed by atoms with E-state index in [0.29, 0.717) is 38.6 Å². The number of benzene rings is 1. The van der Waals surface area contributed by atoms with Crippen molar-refractivity contribution in [2.75, 3.05) is 43.1 Å². The second kappa shape index (κ2) is 9.34. The Balaban J connectivity index is 1.26. The lowest BCUT2D eigenvalue weighted by molar-refractivity contribution is 0.0402. The highest BCUT2D eigenvalue weighted by molar-refractivity contribution is 7.90. The van der Waals surface area contributed by atoms with Gasteiger partial charge >= 0.3 is 0 Å². The molecule has 0 radical (unpaired) electrons. The van der Waals surface area contributed by atoms with Gasteiger partial charge in [0, 0.05) is 29.6 Å². The minimum atomic E-state index is -2.91. The Morgan fingerprint density at radius 2 is 2.24 bits per heavy atom. The number of ether oxygens (including phenoxy) is 1. The molecule has 1 fully saturated rings. The Bertz CT molecular complexity index is 1370. The third-order valence-electron chi connectivity index (χ3n) is 5.69. The van der Waals surface area contributed by atoms with E-state index in [1.165, 1.54) is 6.26 Å². The minimum Gasteiger partial charge on any atom is -0.370 e. The fourth-order valence-corrected chi connectivity index (χ4v) is 5.69. The number of morpholine rings is 1. The molecular formula is C22H26N6O3S2. The van der Waals surface area contributed by atoms with Crippen LogP contribution < -0.4 is 10.2 Å². The predicted octanol–water partition coefficient (Wildman–Crippen LogP) is 2.67. The highest BCUT2D eigenvalue weighted by Gasteiger charge is 2.25. The number of fused-ring (bicyclic) bond motifs is 2. The fraction of sp³-hybridized carbons (Fsp3) is 0.409. The van der Waals surface area contributed by atoms with Crippen molar-refractivity contribution in [3.63, 3.8) is 0 Å². The van der Waals surface area contributed by atoms with E-state index in [4.69, 9.17) is 9.72 Å². The molecule has 0 aliphatic carbocycles. The lowest BCUT2D eigenvalue weighted by Gasteiger charge is -2.33. The summed E-state index contributed by atoms with van der Waals surface area (Å²) in [4.78, 5) is 12.8. The molecule has 9 nitrogen and oxygen atoms in total. The van der Waals surface area contributed by atoms with Crippen LogP contribution in [0.1, 0.15) is 23.0 Å². The maximum absolute atomic E-state index is 11.2. The molecule has 2 N–H and O–H groups in total. The summed E-state index contributed by atoms with van der Waals surface area (Å²) in [5, 5.41) is 11.6. The number of H-pyrrole nitrogens is 1. The van der Waals surface area contributed by atoms with Gasteiger partial charge in [0.25, 0.3) is 0 Å². The van der Waals surface area contributed by atoms with Crippen molar-refractivity contribution < 1.29 is 13.2 Å². The Morgan fingerprint density at radius 1 is 1.33 bits per heavy atom. The standard InChI is InChI=1S/C22H26N6O3S2/c1-33(29,30)9-3-6-23-11-15-10-19-21(32-15)13-24-22(26-19)28-7-8-31-20(14-28)16-4-2-5-18-17(16)12-25-27-18/h2,4-5,10,12-13,20,23H,3,6-9,11,14H2,1H3,(H,25,27). The fourth-order valence-electron chi connectivity index (χ4n) is 4.08. The molecule has 0 amide bonds. The van der Waals surface area contributed by atoms with E-state index >= 15 is 0 Å². The Morgan fingerprint density at radius 3 is 3.12 bits per heavy atom. The number of aromatic amines is 1. The van der Waals surface area contributed by atoms with Crippen LogP contribution in [-0.4, -0.2) is 66.8 Å². The van der Waals surface area contributed by atoms with Crippen molar-refractivity contribution in [2.45, 2.75) is 19.1 Å². The van der Waals surface area contributed by atoms with Gasteiger partial charge in [0.05, 0.1) is 47.0 Å². The van der Waals surface area contributed by atoms with Crippen LogP contribution in [0.2, 0.25) is 0 Å². The highest BCUT2D eigenvalue weighted by Crippen LogP contribution is 2.31. The number of nitrogens with one attached hydrogen (secondary N) is 2. The van der Waals surface area contributed by atoms with Crippen LogP contribution in [0.3, 0.4) is 0 Å². The topological polar surface area (TPSA) is 113 Å². The van der Waals surface area contributed by atoms with Crippen molar-refractivity contribution in [1.82, 2.24) is 25.5 Å². The molecule has 4 heterocycles. The molecule has 33 heavy (non-hydrogen) atoms. The molecule has 1 saturated heterocycles. The number of rotatable bonds is 8. The maximum Gasteiger partial charge on any atom is 0.226 e. The summed E-state index contributed by atoms with van der Waals surface area (Å²) in [5.74, 6) is 0.914. The smallest absolute Gasteiger partial charge is 0.226 e. The zero-order chi connectivity index (χ0) is 22.8. The highest BCUT2D eigenvalue weighted by atomic mass is 32.2. The van der Waals surface area contributed by atoms with Crippen molar-refractivity contribution >= 4 is 48.2 Å². The van der Waals surface area contributed by atoms with Crippen LogP contribution in [0, 0.1) is 0 Å². The van der Waals surface area contributed by atoms with Gasteiger partial charge in [0.2, 0.25) is 5.95 Å². The normalized spacial score (nSPS) is 17.2. The number of thiophene rings is 1. The Hall–Kier alpha value is -2.60. The summed E-state index contributed by atoms with van der Waals surface area (Å²) in [6, 6.07) is 8.20. The Kier molecular flexibility index (Phi) is 6.28. The molecule has 1 aliphatic heterocycles. The van der Waals surface area contributed by atoms with Crippen molar-refractivity contribution in [3.05, 3.63) is 47.1 Å². The SMILES string of the molecule is CS(=O)(=O)CCCNCc1cc2nc(N3CCOC(c4cccc5[nH]ncc45)C3)ncc2s1. The monoisotopic (exact) mass is 486 g/mol. The molecular weight excluding hydrogens is 460 g/mol. The van der Waals surface area contributed by atoms with E-state index in [-0.39, 0.29) is 11.9 Å². The average molecular weight is 487 g/mol. The van der Waals surface area contributed by atoms with Crippen molar-refractivity contribution in [1.29, 1.82) is 0 Å². The molecule has 0 saturated carbocycles. The zero-order valence-electron chi connectivity index (χ0n) is 18.3. The van der Waals surface area contributed by atoms with Crippen LogP contribution in [0.25, 0.3) is 21.1 Å². The first-order valence-corrected chi connectivity index (χ1v) is 13.8. The average Bonchev–Trinajstić information content (AvgIpc) is 3.44. The Labute approximate surface area is 196 Å². The van der Waals surface area contributed by atoms with E-state index < -0.39 is 9.84 Å². The van der Waals surface area contributed by atoms with Gasteiger partial charge in [0.1, 0.15) is 15.9 Å². The first kappa shape index (κ1) is 22.2. The van der Waals surface area contributed by atoms with E-state index in [9.17, 15) is 8.42 Å². The van der Waals surface area contributed by atoms with Crippen molar-refractivity contribution in [3.8, 4) is 0 Å². The van der Waals surface area contributed by atoms with Gasteiger partial charge < -0.3 is 15.0 Å². The lowest BCUT2D eigenvalue weighted by atomic mass is 10.0. The number of sulfone groups is 1. The maximum atomic E-state index is 11.2. The van der Waals surface area contributed by atoms with E-state index in [0.717, 1.165) is 38.1 Å². The summed E-state index contributed by atoms with van der Waals surface area (Å²) in [6.45, 7) is 3.37. The molecule has 1 aliphatic rings. The molecule has 4 aromatic rings.